The lowest BCUT2D eigenvalue weighted by Gasteiger charge is -2.15. The third-order valence-electron chi connectivity index (χ3n) is 3.31. The van der Waals surface area contributed by atoms with Gasteiger partial charge in [0.05, 0.1) is 34.8 Å². The maximum atomic E-state index is 11.6. The molecule has 1 amide bonds. The Labute approximate surface area is 140 Å². The van der Waals surface area contributed by atoms with Gasteiger partial charge in [-0.15, -0.1) is 0 Å². The molecule has 2 aromatic rings. The summed E-state index contributed by atoms with van der Waals surface area (Å²) in [5.74, 6) is -0.921. The molecule has 0 bridgehead atoms. The van der Waals surface area contributed by atoms with Crippen LogP contribution < -0.4 is 16.6 Å². The molecule has 24 heavy (non-hydrogen) atoms. The molecule has 1 heterocycles. The van der Waals surface area contributed by atoms with Gasteiger partial charge in [0.2, 0.25) is 0 Å². The summed E-state index contributed by atoms with van der Waals surface area (Å²) >= 11 is 0. The van der Waals surface area contributed by atoms with Crippen molar-refractivity contribution in [2.75, 3.05) is 17.5 Å². The lowest BCUT2D eigenvalue weighted by atomic mass is 10.1. The van der Waals surface area contributed by atoms with Crippen molar-refractivity contribution in [1.29, 1.82) is 0 Å². The summed E-state index contributed by atoms with van der Waals surface area (Å²) < 4.78 is 4.93. The zero-order valence-corrected chi connectivity index (χ0v) is 13.8. The van der Waals surface area contributed by atoms with Crippen LogP contribution in [0.1, 0.15) is 39.0 Å². The standard InChI is InChI=1S/C17H20N4O3/c1-4-24-17(23)12-5-7-13(8-6-12)20-21-14-9-10(2)19-11(3)15(14)16(18)22/h5-9,20H,4H2,1-3H3,(H2,18,22)(H,19,21). The number of nitrogens with one attached hydrogen (secondary N) is 2. The van der Waals surface area contributed by atoms with Gasteiger partial charge >= 0.3 is 5.97 Å². The van der Waals surface area contributed by atoms with Gasteiger partial charge in [-0.3, -0.25) is 15.2 Å². The quantitative estimate of drug-likeness (QED) is 0.555. The molecular formula is C17H20N4O3. The Kier molecular flexibility index (Phi) is 5.36. The molecule has 0 fully saturated rings. The summed E-state index contributed by atoms with van der Waals surface area (Å²) in [5.41, 5.74) is 14.7. The third kappa shape index (κ3) is 4.01. The number of hydrogen-bond donors (Lipinski definition) is 3. The number of amides is 1. The molecular weight excluding hydrogens is 308 g/mol. The van der Waals surface area contributed by atoms with E-state index in [9.17, 15) is 9.59 Å². The van der Waals surface area contributed by atoms with Crippen LogP contribution in [-0.2, 0) is 4.74 Å². The van der Waals surface area contributed by atoms with E-state index in [0.717, 1.165) is 5.69 Å². The molecule has 7 nitrogen and oxygen atoms in total. The Balaban J connectivity index is 2.14. The molecule has 0 spiro atoms. The van der Waals surface area contributed by atoms with Crippen LogP contribution in [0.5, 0.6) is 0 Å². The minimum atomic E-state index is -0.554. The molecule has 0 aliphatic heterocycles. The van der Waals surface area contributed by atoms with Crippen molar-refractivity contribution in [3.8, 4) is 0 Å². The van der Waals surface area contributed by atoms with E-state index in [-0.39, 0.29) is 5.97 Å². The number of anilines is 2. The fourth-order valence-corrected chi connectivity index (χ4v) is 2.28. The Morgan fingerprint density at radius 2 is 1.83 bits per heavy atom. The molecule has 7 heteroatoms. The lowest BCUT2D eigenvalue weighted by molar-refractivity contribution is 0.0526. The number of aromatic nitrogens is 1. The van der Waals surface area contributed by atoms with Gasteiger partial charge in [0.15, 0.2) is 0 Å². The number of nitrogens with two attached hydrogens (primary N) is 1. The highest BCUT2D eigenvalue weighted by Gasteiger charge is 2.13. The number of hydrazine groups is 1. The largest absolute Gasteiger partial charge is 0.462 e. The Morgan fingerprint density at radius 1 is 1.17 bits per heavy atom. The monoisotopic (exact) mass is 328 g/mol. The summed E-state index contributed by atoms with van der Waals surface area (Å²) in [4.78, 5) is 27.5. The average Bonchev–Trinajstić information content (AvgIpc) is 2.52. The molecule has 0 aliphatic carbocycles. The van der Waals surface area contributed by atoms with Crippen molar-refractivity contribution in [1.82, 2.24) is 4.98 Å². The third-order valence-corrected chi connectivity index (χ3v) is 3.31. The molecule has 1 aromatic carbocycles. The van der Waals surface area contributed by atoms with E-state index in [1.54, 1.807) is 44.2 Å². The number of ether oxygens (including phenoxy) is 1. The molecule has 0 saturated carbocycles. The number of esters is 1. The van der Waals surface area contributed by atoms with Crippen LogP contribution in [0.4, 0.5) is 11.4 Å². The predicted octanol–water partition coefficient (Wildman–Crippen LogP) is 2.41. The number of aryl methyl sites for hydroxylation is 2. The number of rotatable bonds is 6. The van der Waals surface area contributed by atoms with Crippen LogP contribution in [-0.4, -0.2) is 23.5 Å². The van der Waals surface area contributed by atoms with Gasteiger partial charge in [-0.05, 0) is 51.1 Å². The van der Waals surface area contributed by atoms with Crippen LogP contribution >= 0.6 is 0 Å². The van der Waals surface area contributed by atoms with E-state index < -0.39 is 5.91 Å². The first-order valence-corrected chi connectivity index (χ1v) is 7.49. The molecule has 2 rings (SSSR count). The van der Waals surface area contributed by atoms with Crippen molar-refractivity contribution in [3.63, 3.8) is 0 Å². The Bertz CT molecular complexity index is 757. The van der Waals surface area contributed by atoms with Gasteiger partial charge in [-0.1, -0.05) is 0 Å². The Hall–Kier alpha value is -3.09. The maximum absolute atomic E-state index is 11.6. The number of primary amides is 1. The van der Waals surface area contributed by atoms with Crippen LogP contribution in [0, 0.1) is 13.8 Å². The first kappa shape index (κ1) is 17.3. The zero-order chi connectivity index (χ0) is 17.7. The predicted molar refractivity (Wildman–Crippen MR) is 91.9 cm³/mol. The molecule has 0 unspecified atom stereocenters. The van der Waals surface area contributed by atoms with Crippen molar-refractivity contribution >= 4 is 23.3 Å². The van der Waals surface area contributed by atoms with Gasteiger partial charge in [-0.2, -0.15) is 0 Å². The van der Waals surface area contributed by atoms with Gasteiger partial charge in [0.1, 0.15) is 0 Å². The van der Waals surface area contributed by atoms with Gasteiger partial charge in [-0.25, -0.2) is 4.79 Å². The Morgan fingerprint density at radius 3 is 2.42 bits per heavy atom. The highest BCUT2D eigenvalue weighted by molar-refractivity contribution is 5.99. The smallest absolute Gasteiger partial charge is 0.338 e. The number of carbonyl (C=O) groups is 2. The summed E-state index contributed by atoms with van der Waals surface area (Å²) in [6.45, 7) is 5.65. The first-order chi connectivity index (χ1) is 11.4. The van der Waals surface area contributed by atoms with E-state index in [2.05, 4.69) is 15.8 Å². The van der Waals surface area contributed by atoms with E-state index in [1.807, 2.05) is 6.92 Å². The summed E-state index contributed by atoms with van der Waals surface area (Å²) in [7, 11) is 0. The van der Waals surface area contributed by atoms with Crippen molar-refractivity contribution < 1.29 is 14.3 Å². The normalized spacial score (nSPS) is 10.1. The van der Waals surface area contributed by atoms with Gasteiger partial charge in [0.25, 0.3) is 5.91 Å². The van der Waals surface area contributed by atoms with Crippen molar-refractivity contribution in [3.05, 3.63) is 52.8 Å². The van der Waals surface area contributed by atoms with Crippen LogP contribution in [0.15, 0.2) is 30.3 Å². The lowest BCUT2D eigenvalue weighted by Crippen LogP contribution is -2.19. The minimum Gasteiger partial charge on any atom is -0.462 e. The average molecular weight is 328 g/mol. The van der Waals surface area contributed by atoms with Crippen molar-refractivity contribution in [2.45, 2.75) is 20.8 Å². The second kappa shape index (κ2) is 7.45. The fraction of sp³-hybridized carbons (Fsp3) is 0.235. The molecule has 4 N–H and O–H groups in total. The second-order valence-corrected chi connectivity index (χ2v) is 5.18. The van der Waals surface area contributed by atoms with E-state index in [4.69, 9.17) is 10.5 Å². The summed E-state index contributed by atoms with van der Waals surface area (Å²) in [6.07, 6.45) is 0. The van der Waals surface area contributed by atoms with Crippen LogP contribution in [0.3, 0.4) is 0 Å². The molecule has 126 valence electrons. The summed E-state index contributed by atoms with van der Waals surface area (Å²) in [5, 5.41) is 0. The van der Waals surface area contributed by atoms with Crippen molar-refractivity contribution in [2.24, 2.45) is 5.73 Å². The molecule has 0 radical (unpaired) electrons. The van der Waals surface area contributed by atoms with Crippen LogP contribution in [0.25, 0.3) is 0 Å². The minimum absolute atomic E-state index is 0.330. The molecule has 0 aliphatic rings. The zero-order valence-electron chi connectivity index (χ0n) is 13.8. The topological polar surface area (TPSA) is 106 Å². The SMILES string of the molecule is CCOC(=O)c1ccc(NNc2cc(C)nc(C)c2C(N)=O)cc1. The molecule has 1 aromatic heterocycles. The summed E-state index contributed by atoms with van der Waals surface area (Å²) in [6, 6.07) is 8.49. The maximum Gasteiger partial charge on any atom is 0.338 e. The number of benzene rings is 1. The molecule has 0 atom stereocenters. The first-order valence-electron chi connectivity index (χ1n) is 7.49. The number of pyridine rings is 1. The number of nitrogens with zero attached hydrogens (tertiary/aromatic N) is 1. The number of carbonyl (C=O) groups excluding carboxylic acids is 2. The number of hydrogen-bond acceptors (Lipinski definition) is 6. The van der Waals surface area contributed by atoms with Gasteiger partial charge in [0, 0.05) is 5.69 Å². The van der Waals surface area contributed by atoms with Gasteiger partial charge < -0.3 is 15.9 Å². The van der Waals surface area contributed by atoms with E-state index >= 15 is 0 Å². The highest BCUT2D eigenvalue weighted by Crippen LogP contribution is 2.20. The van der Waals surface area contributed by atoms with E-state index in [0.29, 0.717) is 34.8 Å². The van der Waals surface area contributed by atoms with E-state index in [1.165, 1.54) is 0 Å². The highest BCUT2D eigenvalue weighted by atomic mass is 16.5. The van der Waals surface area contributed by atoms with Crippen LogP contribution in [0.2, 0.25) is 0 Å². The second-order valence-electron chi connectivity index (χ2n) is 5.18. The molecule has 0 saturated heterocycles. The fourth-order valence-electron chi connectivity index (χ4n) is 2.28.